The minimum atomic E-state index is 0.568. The Kier molecular flexibility index (Phi) is 5.76. The lowest BCUT2D eigenvalue weighted by molar-refractivity contribution is 0.174. The van der Waals surface area contributed by atoms with Crippen molar-refractivity contribution in [2.75, 3.05) is 32.8 Å². The maximum atomic E-state index is 6.07. The summed E-state index contributed by atoms with van der Waals surface area (Å²) in [5.41, 5.74) is 0. The highest BCUT2D eigenvalue weighted by Crippen LogP contribution is 2.32. The van der Waals surface area contributed by atoms with Crippen LogP contribution in [-0.2, 0) is 0 Å². The van der Waals surface area contributed by atoms with Crippen molar-refractivity contribution in [1.29, 1.82) is 0 Å². The Balaban J connectivity index is 1.85. The molecule has 0 aliphatic carbocycles. The first-order valence-electron chi connectivity index (χ1n) is 6.74. The number of ether oxygens (including phenoxy) is 1. The third-order valence-electron chi connectivity index (χ3n) is 3.50. The summed E-state index contributed by atoms with van der Waals surface area (Å²) in [6, 6.07) is 6.03. The summed E-state index contributed by atoms with van der Waals surface area (Å²) in [4.78, 5) is 2.44. The van der Waals surface area contributed by atoms with Gasteiger partial charge in [0.05, 0.1) is 10.0 Å². The van der Waals surface area contributed by atoms with Gasteiger partial charge < -0.3 is 10.1 Å². The van der Waals surface area contributed by atoms with Crippen LogP contribution in [0, 0.1) is 0 Å². The standard InChI is InChI=1S/C14H20Cl2N2O/c1-2-18(11-6-7-17-10-11)8-9-19-14-12(15)4-3-5-13(14)16/h3-5,11,17H,2,6-10H2,1H3. The van der Waals surface area contributed by atoms with E-state index in [1.54, 1.807) is 12.1 Å². The van der Waals surface area contributed by atoms with Crippen molar-refractivity contribution in [1.82, 2.24) is 10.2 Å². The van der Waals surface area contributed by atoms with Crippen LogP contribution in [0.25, 0.3) is 0 Å². The topological polar surface area (TPSA) is 24.5 Å². The van der Waals surface area contributed by atoms with Crippen LogP contribution in [-0.4, -0.2) is 43.7 Å². The lowest BCUT2D eigenvalue weighted by atomic mass is 10.2. The van der Waals surface area contributed by atoms with Gasteiger partial charge in [0, 0.05) is 19.1 Å². The monoisotopic (exact) mass is 302 g/mol. The first-order valence-corrected chi connectivity index (χ1v) is 7.49. The predicted molar refractivity (Wildman–Crippen MR) is 80.5 cm³/mol. The highest BCUT2D eigenvalue weighted by atomic mass is 35.5. The molecule has 1 heterocycles. The normalized spacial score (nSPS) is 19.1. The molecule has 0 aromatic heterocycles. The molecule has 3 nitrogen and oxygen atoms in total. The van der Waals surface area contributed by atoms with Crippen LogP contribution in [0.2, 0.25) is 10.0 Å². The van der Waals surface area contributed by atoms with Gasteiger partial charge in [-0.25, -0.2) is 0 Å². The fraction of sp³-hybridized carbons (Fsp3) is 0.571. The summed E-state index contributed by atoms with van der Waals surface area (Å²) < 4.78 is 5.73. The van der Waals surface area contributed by atoms with Crippen LogP contribution in [0.15, 0.2) is 18.2 Å². The van der Waals surface area contributed by atoms with Gasteiger partial charge in [-0.2, -0.15) is 0 Å². The number of para-hydroxylation sites is 1. The molecule has 0 saturated carbocycles. The van der Waals surface area contributed by atoms with Crippen LogP contribution in [0.4, 0.5) is 0 Å². The van der Waals surface area contributed by atoms with E-state index in [1.807, 2.05) is 6.07 Å². The Labute approximate surface area is 124 Å². The van der Waals surface area contributed by atoms with E-state index >= 15 is 0 Å². The van der Waals surface area contributed by atoms with E-state index in [9.17, 15) is 0 Å². The number of hydrogen-bond donors (Lipinski definition) is 1. The van der Waals surface area contributed by atoms with Gasteiger partial charge in [0.15, 0.2) is 5.75 Å². The molecule has 1 aromatic rings. The number of nitrogens with zero attached hydrogens (tertiary/aromatic N) is 1. The van der Waals surface area contributed by atoms with Gasteiger partial charge in [0.25, 0.3) is 0 Å². The zero-order chi connectivity index (χ0) is 13.7. The first-order chi connectivity index (χ1) is 9.22. The van der Waals surface area contributed by atoms with Crippen LogP contribution >= 0.6 is 23.2 Å². The first kappa shape index (κ1) is 14.9. The Morgan fingerprint density at radius 3 is 2.68 bits per heavy atom. The minimum absolute atomic E-state index is 0.568. The molecular formula is C14H20Cl2N2O. The molecule has 1 N–H and O–H groups in total. The molecule has 1 aliphatic heterocycles. The third-order valence-corrected chi connectivity index (χ3v) is 4.10. The van der Waals surface area contributed by atoms with Gasteiger partial charge in [-0.3, -0.25) is 4.90 Å². The Bertz CT molecular complexity index is 388. The molecule has 1 saturated heterocycles. The number of hydrogen-bond acceptors (Lipinski definition) is 3. The van der Waals surface area contributed by atoms with Gasteiger partial charge >= 0.3 is 0 Å². The smallest absolute Gasteiger partial charge is 0.156 e. The van der Waals surface area contributed by atoms with Crippen molar-refractivity contribution in [3.8, 4) is 5.75 Å². The maximum absolute atomic E-state index is 6.07. The summed E-state index contributed by atoms with van der Waals surface area (Å²) in [7, 11) is 0. The molecule has 19 heavy (non-hydrogen) atoms. The summed E-state index contributed by atoms with van der Waals surface area (Å²) >= 11 is 12.1. The molecule has 1 fully saturated rings. The second-order valence-corrected chi connectivity index (χ2v) is 5.49. The van der Waals surface area contributed by atoms with E-state index in [-0.39, 0.29) is 0 Å². The van der Waals surface area contributed by atoms with Gasteiger partial charge in [0.2, 0.25) is 0 Å². The van der Waals surface area contributed by atoms with Crippen LogP contribution in [0.3, 0.4) is 0 Å². The van der Waals surface area contributed by atoms with Crippen LogP contribution in [0.5, 0.6) is 5.75 Å². The Hall–Kier alpha value is -0.480. The van der Waals surface area contributed by atoms with Gasteiger partial charge in [-0.15, -0.1) is 0 Å². The van der Waals surface area contributed by atoms with Crippen molar-refractivity contribution in [2.45, 2.75) is 19.4 Å². The predicted octanol–water partition coefficient (Wildman–Crippen LogP) is 3.06. The molecule has 1 atom stereocenters. The van der Waals surface area contributed by atoms with E-state index in [2.05, 4.69) is 17.1 Å². The van der Waals surface area contributed by atoms with Crippen molar-refractivity contribution >= 4 is 23.2 Å². The molecule has 1 aliphatic rings. The highest BCUT2D eigenvalue weighted by molar-refractivity contribution is 6.37. The number of likely N-dealkylation sites (N-methyl/N-ethyl adjacent to an activating group) is 1. The maximum Gasteiger partial charge on any atom is 0.156 e. The summed E-state index contributed by atoms with van der Waals surface area (Å²) in [5.74, 6) is 0.589. The zero-order valence-corrected chi connectivity index (χ0v) is 12.7. The number of benzene rings is 1. The van der Waals surface area contributed by atoms with Crippen molar-refractivity contribution in [2.24, 2.45) is 0 Å². The summed E-state index contributed by atoms with van der Waals surface area (Å²) in [5, 5.41) is 4.52. The lowest BCUT2D eigenvalue weighted by Crippen LogP contribution is -2.39. The summed E-state index contributed by atoms with van der Waals surface area (Å²) in [6.45, 7) is 6.89. The Morgan fingerprint density at radius 2 is 2.11 bits per heavy atom. The van der Waals surface area contributed by atoms with Gasteiger partial charge in [-0.1, -0.05) is 36.2 Å². The second kappa shape index (κ2) is 7.34. The van der Waals surface area contributed by atoms with Gasteiger partial charge in [0.1, 0.15) is 6.61 Å². The van der Waals surface area contributed by atoms with Crippen molar-refractivity contribution < 1.29 is 4.74 Å². The zero-order valence-electron chi connectivity index (χ0n) is 11.2. The molecule has 0 amide bonds. The number of halogens is 2. The molecule has 0 radical (unpaired) electrons. The summed E-state index contributed by atoms with van der Waals surface area (Å²) in [6.07, 6.45) is 1.21. The second-order valence-electron chi connectivity index (χ2n) is 4.67. The third kappa shape index (κ3) is 3.99. The Morgan fingerprint density at radius 1 is 1.37 bits per heavy atom. The average molecular weight is 303 g/mol. The van der Waals surface area contributed by atoms with Crippen LogP contribution < -0.4 is 10.1 Å². The number of rotatable bonds is 6. The molecule has 1 aromatic carbocycles. The fourth-order valence-corrected chi connectivity index (χ4v) is 2.94. The van der Waals surface area contributed by atoms with Crippen LogP contribution in [0.1, 0.15) is 13.3 Å². The molecule has 5 heteroatoms. The van der Waals surface area contributed by atoms with E-state index in [4.69, 9.17) is 27.9 Å². The molecule has 106 valence electrons. The van der Waals surface area contributed by atoms with E-state index < -0.39 is 0 Å². The molecule has 2 rings (SSSR count). The van der Waals surface area contributed by atoms with E-state index in [0.29, 0.717) is 28.4 Å². The quantitative estimate of drug-likeness (QED) is 0.874. The van der Waals surface area contributed by atoms with E-state index in [1.165, 1.54) is 6.42 Å². The average Bonchev–Trinajstić information content (AvgIpc) is 2.91. The van der Waals surface area contributed by atoms with Gasteiger partial charge in [-0.05, 0) is 31.6 Å². The lowest BCUT2D eigenvalue weighted by Gasteiger charge is -2.26. The minimum Gasteiger partial charge on any atom is -0.489 e. The van der Waals surface area contributed by atoms with Crippen molar-refractivity contribution in [3.05, 3.63) is 28.2 Å². The van der Waals surface area contributed by atoms with Crippen molar-refractivity contribution in [3.63, 3.8) is 0 Å². The largest absolute Gasteiger partial charge is 0.489 e. The molecule has 0 bridgehead atoms. The SMILES string of the molecule is CCN(CCOc1c(Cl)cccc1Cl)C1CCNC1. The molecule has 1 unspecified atom stereocenters. The molecular weight excluding hydrogens is 283 g/mol. The fourth-order valence-electron chi connectivity index (χ4n) is 2.44. The molecule has 0 spiro atoms. The number of nitrogens with one attached hydrogen (secondary N) is 1. The van der Waals surface area contributed by atoms with E-state index in [0.717, 1.165) is 26.2 Å². The highest BCUT2D eigenvalue weighted by Gasteiger charge is 2.20.